The maximum Gasteiger partial charge on any atom is 0.0587 e. The summed E-state index contributed by atoms with van der Waals surface area (Å²) in [5.74, 6) is 0. The number of likely N-dealkylation sites (tertiary alicyclic amines) is 1. The maximum atomic E-state index is 9.62. The Labute approximate surface area is 168 Å². The van der Waals surface area contributed by atoms with Crippen LogP contribution in [0.25, 0.3) is 22.0 Å². The summed E-state index contributed by atoms with van der Waals surface area (Å²) in [5.41, 5.74) is 6.65. The lowest BCUT2D eigenvalue weighted by atomic mass is 9.85. The predicted octanol–water partition coefficient (Wildman–Crippen LogP) is 5.10. The lowest BCUT2D eigenvalue weighted by Gasteiger charge is -2.22. The minimum Gasteiger partial charge on any atom is -0.395 e. The van der Waals surface area contributed by atoms with Crippen LogP contribution in [-0.4, -0.2) is 33.8 Å². The van der Waals surface area contributed by atoms with Gasteiger partial charge in [0.2, 0.25) is 0 Å². The van der Waals surface area contributed by atoms with Gasteiger partial charge in [0.05, 0.1) is 6.61 Å². The highest BCUT2D eigenvalue weighted by Crippen LogP contribution is 2.31. The summed E-state index contributed by atoms with van der Waals surface area (Å²) in [5, 5.41) is 10.9. The molecule has 3 nitrogen and oxygen atoms in total. The van der Waals surface area contributed by atoms with Crippen molar-refractivity contribution < 1.29 is 5.11 Å². The van der Waals surface area contributed by atoms with Crippen LogP contribution < -0.4 is 0 Å². The molecule has 1 atom stereocenters. The molecule has 1 aromatic heterocycles. The fourth-order valence-corrected chi connectivity index (χ4v) is 4.42. The number of hydrogen-bond donors (Lipinski definition) is 1. The quantitative estimate of drug-likeness (QED) is 0.686. The summed E-state index contributed by atoms with van der Waals surface area (Å²) in [6.45, 7) is 9.03. The molecule has 1 aliphatic heterocycles. The molecule has 1 N–H and O–H groups in total. The second kappa shape index (κ2) is 7.38. The van der Waals surface area contributed by atoms with Crippen LogP contribution in [0.1, 0.15) is 44.9 Å². The number of nitrogens with zero attached hydrogens (tertiary/aromatic N) is 2. The minimum atomic E-state index is 0.152. The zero-order chi connectivity index (χ0) is 19.9. The number of aliphatic hydroxyl groups is 1. The van der Waals surface area contributed by atoms with Gasteiger partial charge < -0.3 is 9.67 Å². The zero-order valence-electron chi connectivity index (χ0n) is 17.6. The Bertz CT molecular complexity index is 980. The van der Waals surface area contributed by atoms with E-state index >= 15 is 0 Å². The Morgan fingerprint density at radius 2 is 1.82 bits per heavy atom. The number of aliphatic hydroxyl groups excluding tert-OH is 1. The second-order valence-corrected chi connectivity index (χ2v) is 9.25. The van der Waals surface area contributed by atoms with Crippen molar-refractivity contribution in [3.63, 3.8) is 0 Å². The molecule has 0 aliphatic carbocycles. The highest BCUT2D eigenvalue weighted by atomic mass is 16.3. The van der Waals surface area contributed by atoms with E-state index in [0.717, 1.165) is 19.5 Å². The molecule has 1 saturated heterocycles. The summed E-state index contributed by atoms with van der Waals surface area (Å²) >= 11 is 0. The van der Waals surface area contributed by atoms with Crippen molar-refractivity contribution in [3.05, 3.63) is 59.8 Å². The monoisotopic (exact) mass is 376 g/mol. The second-order valence-electron chi connectivity index (χ2n) is 9.25. The summed E-state index contributed by atoms with van der Waals surface area (Å²) in [6, 6.07) is 18.3. The normalized spacial score (nSPS) is 18.2. The van der Waals surface area contributed by atoms with E-state index in [4.69, 9.17) is 0 Å². The largest absolute Gasteiger partial charge is 0.395 e. The van der Waals surface area contributed by atoms with Gasteiger partial charge in [-0.15, -0.1) is 0 Å². The molecule has 0 saturated carbocycles. The van der Waals surface area contributed by atoms with E-state index in [1.165, 1.54) is 39.7 Å². The molecule has 0 radical (unpaired) electrons. The van der Waals surface area contributed by atoms with Gasteiger partial charge in [-0.05, 0) is 59.7 Å². The van der Waals surface area contributed by atoms with Crippen molar-refractivity contribution in [2.24, 2.45) is 7.05 Å². The summed E-state index contributed by atoms with van der Waals surface area (Å²) in [6.07, 6.45) is 2.29. The topological polar surface area (TPSA) is 28.4 Å². The van der Waals surface area contributed by atoms with E-state index in [-0.39, 0.29) is 12.0 Å². The molecule has 1 aliphatic rings. The molecule has 3 heteroatoms. The van der Waals surface area contributed by atoms with E-state index in [2.05, 4.69) is 85.8 Å². The first kappa shape index (κ1) is 19.2. The van der Waals surface area contributed by atoms with Gasteiger partial charge in [0.15, 0.2) is 0 Å². The molecule has 4 rings (SSSR count). The van der Waals surface area contributed by atoms with Crippen LogP contribution in [-0.2, 0) is 19.0 Å². The summed E-state index contributed by atoms with van der Waals surface area (Å²) in [7, 11) is 2.15. The molecule has 0 unspecified atom stereocenters. The molecule has 0 bridgehead atoms. The van der Waals surface area contributed by atoms with Gasteiger partial charge in [-0.2, -0.15) is 0 Å². The first-order chi connectivity index (χ1) is 13.4. The Morgan fingerprint density at radius 1 is 1.04 bits per heavy atom. The minimum absolute atomic E-state index is 0.152. The highest BCUT2D eigenvalue weighted by molar-refractivity contribution is 5.86. The number of benzene rings is 2. The lowest BCUT2D eigenvalue weighted by molar-refractivity contribution is 0.151. The number of aryl methyl sites for hydroxylation is 1. The first-order valence-electron chi connectivity index (χ1n) is 10.4. The number of aromatic nitrogens is 1. The van der Waals surface area contributed by atoms with Crippen LogP contribution in [0, 0.1) is 0 Å². The average Bonchev–Trinajstić information content (AvgIpc) is 3.25. The summed E-state index contributed by atoms with van der Waals surface area (Å²) < 4.78 is 2.30. The van der Waals surface area contributed by atoms with E-state index in [0.29, 0.717) is 6.04 Å². The van der Waals surface area contributed by atoms with Crippen molar-refractivity contribution in [2.75, 3.05) is 13.2 Å². The fraction of sp³-hybridized carbons (Fsp3) is 0.440. The van der Waals surface area contributed by atoms with Crippen LogP contribution in [0.4, 0.5) is 0 Å². The third-order valence-corrected chi connectivity index (χ3v) is 6.28. The molecular formula is C25H32N2O. The van der Waals surface area contributed by atoms with Crippen LogP contribution >= 0.6 is 0 Å². The Morgan fingerprint density at radius 3 is 2.57 bits per heavy atom. The van der Waals surface area contributed by atoms with Crippen molar-refractivity contribution >= 4 is 10.9 Å². The van der Waals surface area contributed by atoms with E-state index in [1.807, 2.05) is 0 Å². The van der Waals surface area contributed by atoms with Gasteiger partial charge in [0.25, 0.3) is 0 Å². The molecular weight excluding hydrogens is 344 g/mol. The van der Waals surface area contributed by atoms with Crippen molar-refractivity contribution in [3.8, 4) is 11.1 Å². The molecule has 148 valence electrons. The molecule has 28 heavy (non-hydrogen) atoms. The zero-order valence-corrected chi connectivity index (χ0v) is 17.6. The van der Waals surface area contributed by atoms with Crippen LogP contribution in [0.2, 0.25) is 0 Å². The molecule has 0 amide bonds. The summed E-state index contributed by atoms with van der Waals surface area (Å²) in [4.78, 5) is 2.42. The van der Waals surface area contributed by atoms with Gasteiger partial charge in [0.1, 0.15) is 0 Å². The number of fused-ring (bicyclic) bond motifs is 1. The molecule has 2 aromatic carbocycles. The fourth-order valence-electron chi connectivity index (χ4n) is 4.42. The van der Waals surface area contributed by atoms with Crippen molar-refractivity contribution in [2.45, 2.75) is 51.6 Å². The molecule has 2 heterocycles. The van der Waals surface area contributed by atoms with Gasteiger partial charge in [0, 0.05) is 36.2 Å². The van der Waals surface area contributed by atoms with Crippen molar-refractivity contribution in [1.29, 1.82) is 0 Å². The van der Waals surface area contributed by atoms with Crippen LogP contribution in [0.15, 0.2) is 48.5 Å². The third-order valence-electron chi connectivity index (χ3n) is 6.28. The smallest absolute Gasteiger partial charge is 0.0587 e. The molecule has 0 spiro atoms. The average molecular weight is 377 g/mol. The van der Waals surface area contributed by atoms with Crippen molar-refractivity contribution in [1.82, 2.24) is 9.47 Å². The SMILES string of the molecule is Cn1c(CN2CCC[C@@H]2CO)cc2cc(-c3cccc(C(C)(C)C)c3)ccc21. The van der Waals surface area contributed by atoms with E-state index < -0.39 is 0 Å². The molecule has 3 aromatic rings. The Balaban J connectivity index is 1.67. The van der Waals surface area contributed by atoms with Crippen LogP contribution in [0.5, 0.6) is 0 Å². The van der Waals surface area contributed by atoms with Crippen LogP contribution in [0.3, 0.4) is 0 Å². The predicted molar refractivity (Wildman–Crippen MR) is 118 cm³/mol. The lowest BCUT2D eigenvalue weighted by Crippen LogP contribution is -2.32. The Hall–Kier alpha value is -2.10. The Kier molecular flexibility index (Phi) is 5.07. The van der Waals surface area contributed by atoms with Gasteiger partial charge >= 0.3 is 0 Å². The van der Waals surface area contributed by atoms with Gasteiger partial charge in [-0.1, -0.05) is 51.1 Å². The maximum absolute atomic E-state index is 9.62. The van der Waals surface area contributed by atoms with Gasteiger partial charge in [-0.3, -0.25) is 4.90 Å². The van der Waals surface area contributed by atoms with Gasteiger partial charge in [-0.25, -0.2) is 0 Å². The highest BCUT2D eigenvalue weighted by Gasteiger charge is 2.24. The van der Waals surface area contributed by atoms with E-state index in [1.54, 1.807) is 0 Å². The molecule has 1 fully saturated rings. The standard InChI is InChI=1S/C25H32N2O/c1-25(2,3)21-8-5-7-18(14-21)19-10-11-24-20(13-19)15-23(26(24)4)16-27-12-6-9-22(27)17-28/h5,7-8,10-11,13-15,22,28H,6,9,12,16-17H2,1-4H3/t22-/m1/s1. The van der Waals surface area contributed by atoms with E-state index in [9.17, 15) is 5.11 Å². The number of hydrogen-bond acceptors (Lipinski definition) is 2. The number of rotatable bonds is 4. The third kappa shape index (κ3) is 3.61. The first-order valence-corrected chi connectivity index (χ1v) is 10.4.